The molecular weight excluding hydrogens is 272 g/mol. The summed E-state index contributed by atoms with van der Waals surface area (Å²) in [7, 11) is 0. The van der Waals surface area contributed by atoms with Crippen LogP contribution in [-0.4, -0.2) is 17.6 Å². The number of hydrogen-bond acceptors (Lipinski definition) is 3. The van der Waals surface area contributed by atoms with E-state index in [1.807, 2.05) is 24.3 Å². The third-order valence-electron chi connectivity index (χ3n) is 2.89. The summed E-state index contributed by atoms with van der Waals surface area (Å²) in [6.45, 7) is 4.83. The average Bonchev–Trinajstić information content (AvgIpc) is 3.21. The van der Waals surface area contributed by atoms with Crippen molar-refractivity contribution < 1.29 is 9.53 Å². The molecule has 1 aliphatic rings. The first kappa shape index (κ1) is 14.8. The monoisotopic (exact) mass is 292 g/mol. The van der Waals surface area contributed by atoms with Gasteiger partial charge in [0.15, 0.2) is 5.11 Å². The van der Waals surface area contributed by atoms with Crippen molar-refractivity contribution in [2.45, 2.75) is 26.7 Å². The molecule has 0 aliphatic heterocycles. The van der Waals surface area contributed by atoms with Gasteiger partial charge in [-0.05, 0) is 43.1 Å². The molecule has 0 bridgehead atoms. The summed E-state index contributed by atoms with van der Waals surface area (Å²) in [6.07, 6.45) is 1.92. The van der Waals surface area contributed by atoms with Crippen LogP contribution in [0, 0.1) is 11.8 Å². The Balaban J connectivity index is 1.93. The lowest BCUT2D eigenvalue weighted by atomic mass is 10.2. The van der Waals surface area contributed by atoms with Gasteiger partial charge >= 0.3 is 0 Å². The maximum atomic E-state index is 11.6. The van der Waals surface area contributed by atoms with Crippen molar-refractivity contribution in [3.63, 3.8) is 0 Å². The molecule has 0 saturated heterocycles. The van der Waals surface area contributed by atoms with Gasteiger partial charge in [0.1, 0.15) is 5.75 Å². The minimum absolute atomic E-state index is 0.00285. The van der Waals surface area contributed by atoms with Gasteiger partial charge in [0.05, 0.1) is 12.3 Å². The molecule has 1 amide bonds. The number of carbonyl (C=O) groups is 1. The number of benzene rings is 1. The van der Waals surface area contributed by atoms with Crippen LogP contribution in [-0.2, 0) is 4.79 Å². The molecule has 0 spiro atoms. The van der Waals surface area contributed by atoms with E-state index in [0.29, 0.717) is 17.6 Å². The van der Waals surface area contributed by atoms with E-state index in [0.717, 1.165) is 24.3 Å². The second-order valence-corrected chi connectivity index (χ2v) is 5.83. The van der Waals surface area contributed by atoms with E-state index in [4.69, 9.17) is 17.0 Å². The number of ether oxygens (including phenoxy) is 1. The second-order valence-electron chi connectivity index (χ2n) is 5.42. The van der Waals surface area contributed by atoms with Crippen LogP contribution in [0.2, 0.25) is 0 Å². The lowest BCUT2D eigenvalue weighted by Crippen LogP contribution is -2.35. The van der Waals surface area contributed by atoms with Crippen LogP contribution in [0.4, 0.5) is 5.69 Å². The highest BCUT2D eigenvalue weighted by Gasteiger charge is 2.30. The van der Waals surface area contributed by atoms with Crippen LogP contribution in [0.5, 0.6) is 5.75 Å². The minimum atomic E-state index is 0.00285. The Kier molecular flexibility index (Phi) is 4.95. The average molecular weight is 292 g/mol. The summed E-state index contributed by atoms with van der Waals surface area (Å²) in [5.74, 6) is 1.33. The van der Waals surface area contributed by atoms with Crippen LogP contribution >= 0.6 is 12.2 Å². The van der Waals surface area contributed by atoms with Gasteiger partial charge in [0, 0.05) is 5.92 Å². The Hall–Kier alpha value is -1.62. The number of rotatable bonds is 5. The SMILES string of the molecule is CC(C)COc1ccccc1NC(=S)NC(=O)C1CC1. The molecule has 1 saturated carbocycles. The largest absolute Gasteiger partial charge is 0.491 e. The summed E-state index contributed by atoms with van der Waals surface area (Å²) >= 11 is 5.16. The van der Waals surface area contributed by atoms with Crippen molar-refractivity contribution in [3.8, 4) is 5.75 Å². The minimum Gasteiger partial charge on any atom is -0.491 e. The van der Waals surface area contributed by atoms with Crippen LogP contribution in [0.25, 0.3) is 0 Å². The standard InChI is InChI=1S/C15H20N2O2S/c1-10(2)9-19-13-6-4-3-5-12(13)16-15(20)17-14(18)11-7-8-11/h3-6,10-11H,7-9H2,1-2H3,(H2,16,17,18,20). The molecule has 0 unspecified atom stereocenters. The zero-order chi connectivity index (χ0) is 14.5. The molecule has 0 radical (unpaired) electrons. The Labute approximate surface area is 124 Å². The van der Waals surface area contributed by atoms with E-state index < -0.39 is 0 Å². The van der Waals surface area contributed by atoms with Crippen molar-refractivity contribution in [2.75, 3.05) is 11.9 Å². The van der Waals surface area contributed by atoms with Crippen LogP contribution in [0.1, 0.15) is 26.7 Å². The van der Waals surface area contributed by atoms with Gasteiger partial charge in [-0.3, -0.25) is 4.79 Å². The molecule has 5 heteroatoms. The highest BCUT2D eigenvalue weighted by atomic mass is 32.1. The molecule has 2 N–H and O–H groups in total. The Morgan fingerprint density at radius 2 is 2.10 bits per heavy atom. The zero-order valence-corrected chi connectivity index (χ0v) is 12.6. The summed E-state index contributed by atoms with van der Waals surface area (Å²) in [4.78, 5) is 11.6. The van der Waals surface area contributed by atoms with Crippen molar-refractivity contribution in [1.29, 1.82) is 0 Å². The Morgan fingerprint density at radius 3 is 2.75 bits per heavy atom. The van der Waals surface area contributed by atoms with Crippen LogP contribution in [0.15, 0.2) is 24.3 Å². The second kappa shape index (κ2) is 6.70. The summed E-state index contributed by atoms with van der Waals surface area (Å²) in [5.41, 5.74) is 0.772. The lowest BCUT2D eigenvalue weighted by Gasteiger charge is -2.15. The molecule has 1 aromatic carbocycles. The topological polar surface area (TPSA) is 50.4 Å². The summed E-state index contributed by atoms with van der Waals surface area (Å²) in [6, 6.07) is 7.57. The maximum absolute atomic E-state index is 11.6. The number of para-hydroxylation sites is 2. The third kappa shape index (κ3) is 4.49. The van der Waals surface area contributed by atoms with Crippen LogP contribution in [0.3, 0.4) is 0 Å². The highest BCUT2D eigenvalue weighted by Crippen LogP contribution is 2.29. The molecule has 1 aromatic rings. The fraction of sp³-hybridized carbons (Fsp3) is 0.467. The highest BCUT2D eigenvalue weighted by molar-refractivity contribution is 7.80. The third-order valence-corrected chi connectivity index (χ3v) is 3.10. The number of hydrogen-bond donors (Lipinski definition) is 2. The van der Waals surface area contributed by atoms with E-state index >= 15 is 0 Å². The van der Waals surface area contributed by atoms with Gasteiger partial charge < -0.3 is 15.4 Å². The zero-order valence-electron chi connectivity index (χ0n) is 11.8. The van der Waals surface area contributed by atoms with Gasteiger partial charge in [-0.2, -0.15) is 0 Å². The maximum Gasteiger partial charge on any atom is 0.229 e. The van der Waals surface area contributed by atoms with Crippen molar-refractivity contribution in [3.05, 3.63) is 24.3 Å². The first-order chi connectivity index (χ1) is 9.56. The normalized spacial score (nSPS) is 13.9. The van der Waals surface area contributed by atoms with Gasteiger partial charge in [-0.15, -0.1) is 0 Å². The molecule has 0 atom stereocenters. The number of carbonyl (C=O) groups excluding carboxylic acids is 1. The molecule has 1 fully saturated rings. The van der Waals surface area contributed by atoms with E-state index in [1.165, 1.54) is 0 Å². The number of amides is 1. The first-order valence-electron chi connectivity index (χ1n) is 6.90. The van der Waals surface area contributed by atoms with Crippen molar-refractivity contribution in [2.24, 2.45) is 11.8 Å². The van der Waals surface area contributed by atoms with E-state index in [9.17, 15) is 4.79 Å². The molecule has 1 aliphatic carbocycles. The molecule has 0 aromatic heterocycles. The fourth-order valence-electron chi connectivity index (χ4n) is 1.67. The number of anilines is 1. The Morgan fingerprint density at radius 1 is 1.40 bits per heavy atom. The quantitative estimate of drug-likeness (QED) is 0.819. The van der Waals surface area contributed by atoms with E-state index in [1.54, 1.807) is 0 Å². The smallest absolute Gasteiger partial charge is 0.229 e. The molecule has 2 rings (SSSR count). The van der Waals surface area contributed by atoms with Gasteiger partial charge in [0.25, 0.3) is 0 Å². The fourth-order valence-corrected chi connectivity index (χ4v) is 1.88. The summed E-state index contributed by atoms with van der Waals surface area (Å²) in [5, 5.41) is 6.05. The summed E-state index contributed by atoms with van der Waals surface area (Å²) < 4.78 is 5.73. The van der Waals surface area contributed by atoms with Gasteiger partial charge in [0.2, 0.25) is 5.91 Å². The van der Waals surface area contributed by atoms with E-state index in [2.05, 4.69) is 24.5 Å². The van der Waals surface area contributed by atoms with Gasteiger partial charge in [-0.1, -0.05) is 26.0 Å². The molecular formula is C15H20N2O2S. The van der Waals surface area contributed by atoms with Crippen molar-refractivity contribution >= 4 is 28.9 Å². The molecule has 108 valence electrons. The first-order valence-corrected chi connectivity index (χ1v) is 7.30. The predicted molar refractivity (Wildman–Crippen MR) is 83.9 cm³/mol. The molecule has 4 nitrogen and oxygen atoms in total. The van der Waals surface area contributed by atoms with Crippen LogP contribution < -0.4 is 15.4 Å². The predicted octanol–water partition coefficient (Wildman–Crippen LogP) is 2.94. The lowest BCUT2D eigenvalue weighted by molar-refractivity contribution is -0.120. The Bertz CT molecular complexity index is 498. The molecule has 20 heavy (non-hydrogen) atoms. The van der Waals surface area contributed by atoms with E-state index in [-0.39, 0.29) is 11.8 Å². The number of nitrogens with one attached hydrogen (secondary N) is 2. The van der Waals surface area contributed by atoms with Crippen molar-refractivity contribution in [1.82, 2.24) is 5.32 Å². The van der Waals surface area contributed by atoms with Gasteiger partial charge in [-0.25, -0.2) is 0 Å². The number of thiocarbonyl (C=S) groups is 1. The molecule has 0 heterocycles.